The van der Waals surface area contributed by atoms with E-state index in [1.54, 1.807) is 0 Å². The second-order valence-corrected chi connectivity index (χ2v) is 3.64. The molecule has 14 heavy (non-hydrogen) atoms. The lowest BCUT2D eigenvalue weighted by atomic mass is 10.2. The molecule has 1 aromatic heterocycles. The normalized spacial score (nSPS) is 13.1. The van der Waals surface area contributed by atoms with Gasteiger partial charge in [-0.1, -0.05) is 13.8 Å². The summed E-state index contributed by atoms with van der Waals surface area (Å²) in [5.74, 6) is 1.19. The second-order valence-electron chi connectivity index (χ2n) is 3.64. The van der Waals surface area contributed by atoms with Crippen LogP contribution in [-0.4, -0.2) is 22.1 Å². The topological polar surface area (TPSA) is 29.9 Å². The Bertz CT molecular complexity index is 255. The molecule has 0 aliphatic heterocycles. The van der Waals surface area contributed by atoms with E-state index in [2.05, 4.69) is 41.8 Å². The highest BCUT2D eigenvalue weighted by atomic mass is 15.1. The van der Waals surface area contributed by atoms with Crippen molar-refractivity contribution >= 4 is 0 Å². The predicted molar refractivity (Wildman–Crippen MR) is 59.4 cm³/mol. The van der Waals surface area contributed by atoms with Gasteiger partial charge in [0.05, 0.1) is 0 Å². The molecular formula is C11H21N3. The van der Waals surface area contributed by atoms with Gasteiger partial charge in [-0.2, -0.15) is 0 Å². The maximum Gasteiger partial charge on any atom is 0.108 e. The fraction of sp³-hybridized carbons (Fsp3) is 0.727. The van der Waals surface area contributed by atoms with E-state index in [4.69, 9.17) is 0 Å². The van der Waals surface area contributed by atoms with Crippen LogP contribution >= 0.6 is 0 Å². The third kappa shape index (κ3) is 3.14. The summed E-state index contributed by atoms with van der Waals surface area (Å²) in [7, 11) is 0. The van der Waals surface area contributed by atoms with Crippen LogP contribution < -0.4 is 5.32 Å². The zero-order chi connectivity index (χ0) is 10.4. The van der Waals surface area contributed by atoms with Crippen molar-refractivity contribution in [1.29, 1.82) is 0 Å². The first-order valence-corrected chi connectivity index (χ1v) is 5.51. The minimum absolute atomic E-state index is 0.590. The summed E-state index contributed by atoms with van der Waals surface area (Å²) in [5.41, 5.74) is 0. The van der Waals surface area contributed by atoms with Crippen LogP contribution in [0.2, 0.25) is 0 Å². The van der Waals surface area contributed by atoms with Crippen molar-refractivity contribution in [2.75, 3.05) is 6.54 Å². The number of aromatic nitrogens is 2. The van der Waals surface area contributed by atoms with Crippen molar-refractivity contribution in [2.45, 2.75) is 46.2 Å². The fourth-order valence-electron chi connectivity index (χ4n) is 1.64. The summed E-state index contributed by atoms with van der Waals surface area (Å²) < 4.78 is 2.24. The maximum atomic E-state index is 4.30. The lowest BCUT2D eigenvalue weighted by molar-refractivity contribution is 0.481. The van der Waals surface area contributed by atoms with Gasteiger partial charge in [0.25, 0.3) is 0 Å². The molecule has 0 bridgehead atoms. The Balaban J connectivity index is 2.37. The van der Waals surface area contributed by atoms with E-state index in [-0.39, 0.29) is 0 Å². The fourth-order valence-corrected chi connectivity index (χ4v) is 1.64. The first-order chi connectivity index (χ1) is 6.77. The number of hydrogen-bond acceptors (Lipinski definition) is 2. The van der Waals surface area contributed by atoms with Gasteiger partial charge < -0.3 is 9.88 Å². The number of imidazole rings is 1. The Labute approximate surface area is 86.5 Å². The van der Waals surface area contributed by atoms with E-state index in [0.29, 0.717) is 6.04 Å². The molecule has 1 rings (SSSR count). The van der Waals surface area contributed by atoms with Crippen molar-refractivity contribution in [3.63, 3.8) is 0 Å². The van der Waals surface area contributed by atoms with Gasteiger partial charge in [-0.3, -0.25) is 0 Å². The molecule has 0 aromatic carbocycles. The smallest absolute Gasteiger partial charge is 0.108 e. The molecule has 1 aromatic rings. The molecule has 0 radical (unpaired) electrons. The highest BCUT2D eigenvalue weighted by molar-refractivity contribution is 4.91. The average Bonchev–Trinajstić information content (AvgIpc) is 2.62. The number of nitrogens with zero attached hydrogens (tertiary/aromatic N) is 2. The van der Waals surface area contributed by atoms with Crippen molar-refractivity contribution in [2.24, 2.45) is 0 Å². The second kappa shape index (κ2) is 5.81. The Morgan fingerprint density at radius 1 is 1.50 bits per heavy atom. The van der Waals surface area contributed by atoms with Crippen LogP contribution in [0.15, 0.2) is 12.4 Å². The molecule has 1 N–H and O–H groups in total. The van der Waals surface area contributed by atoms with Gasteiger partial charge in [0, 0.05) is 31.4 Å². The Morgan fingerprint density at radius 3 is 2.93 bits per heavy atom. The van der Waals surface area contributed by atoms with Crippen LogP contribution in [-0.2, 0) is 13.0 Å². The van der Waals surface area contributed by atoms with Crippen molar-refractivity contribution in [1.82, 2.24) is 14.9 Å². The number of hydrogen-bond donors (Lipinski definition) is 1. The van der Waals surface area contributed by atoms with Crippen LogP contribution in [0.4, 0.5) is 0 Å². The zero-order valence-corrected chi connectivity index (χ0v) is 9.45. The summed E-state index contributed by atoms with van der Waals surface area (Å²) in [5, 5.41) is 3.41. The van der Waals surface area contributed by atoms with Gasteiger partial charge in [0.15, 0.2) is 0 Å². The highest BCUT2D eigenvalue weighted by Gasteiger charge is 2.03. The molecule has 3 nitrogen and oxygen atoms in total. The van der Waals surface area contributed by atoms with Gasteiger partial charge in [-0.25, -0.2) is 4.98 Å². The van der Waals surface area contributed by atoms with Crippen molar-refractivity contribution in [3.05, 3.63) is 18.2 Å². The average molecular weight is 195 g/mol. The van der Waals surface area contributed by atoms with E-state index in [1.807, 2.05) is 6.20 Å². The standard InChI is InChI=1S/C11H21N3/c1-4-11-13-7-9-14(11)8-6-10(3)12-5-2/h7,9-10,12H,4-6,8H2,1-3H3. The number of nitrogens with one attached hydrogen (secondary N) is 1. The minimum atomic E-state index is 0.590. The van der Waals surface area contributed by atoms with Gasteiger partial charge in [-0.05, 0) is 19.9 Å². The SMILES string of the molecule is CCNC(C)CCn1ccnc1CC. The summed E-state index contributed by atoms with van der Waals surface area (Å²) in [6.07, 6.45) is 6.13. The highest BCUT2D eigenvalue weighted by Crippen LogP contribution is 2.02. The molecule has 0 aliphatic carbocycles. The maximum absolute atomic E-state index is 4.30. The Kier molecular flexibility index (Phi) is 4.66. The van der Waals surface area contributed by atoms with Gasteiger partial charge >= 0.3 is 0 Å². The molecule has 1 unspecified atom stereocenters. The molecule has 80 valence electrons. The zero-order valence-electron chi connectivity index (χ0n) is 9.45. The molecule has 0 saturated carbocycles. The molecule has 0 spiro atoms. The molecule has 1 heterocycles. The summed E-state index contributed by atoms with van der Waals surface area (Å²) in [4.78, 5) is 4.30. The third-order valence-corrected chi connectivity index (χ3v) is 2.47. The monoisotopic (exact) mass is 195 g/mol. The predicted octanol–water partition coefficient (Wildman–Crippen LogP) is 1.83. The van der Waals surface area contributed by atoms with E-state index < -0.39 is 0 Å². The van der Waals surface area contributed by atoms with E-state index in [9.17, 15) is 0 Å². The molecular weight excluding hydrogens is 174 g/mol. The van der Waals surface area contributed by atoms with Crippen molar-refractivity contribution < 1.29 is 0 Å². The van der Waals surface area contributed by atoms with Gasteiger partial charge in [-0.15, -0.1) is 0 Å². The Hall–Kier alpha value is -0.830. The van der Waals surface area contributed by atoms with Crippen LogP contribution in [0, 0.1) is 0 Å². The number of aryl methyl sites for hydroxylation is 2. The first-order valence-electron chi connectivity index (χ1n) is 5.51. The molecule has 0 saturated heterocycles. The molecule has 0 fully saturated rings. The molecule has 3 heteroatoms. The van der Waals surface area contributed by atoms with E-state index >= 15 is 0 Å². The van der Waals surface area contributed by atoms with Crippen LogP contribution in [0.25, 0.3) is 0 Å². The van der Waals surface area contributed by atoms with Crippen LogP contribution in [0.1, 0.15) is 33.0 Å². The number of rotatable bonds is 6. The largest absolute Gasteiger partial charge is 0.335 e. The van der Waals surface area contributed by atoms with Gasteiger partial charge in [0.2, 0.25) is 0 Å². The first kappa shape index (κ1) is 11.2. The molecule has 0 amide bonds. The van der Waals surface area contributed by atoms with Gasteiger partial charge in [0.1, 0.15) is 5.82 Å². The Morgan fingerprint density at radius 2 is 2.29 bits per heavy atom. The minimum Gasteiger partial charge on any atom is -0.335 e. The van der Waals surface area contributed by atoms with Crippen molar-refractivity contribution in [3.8, 4) is 0 Å². The van der Waals surface area contributed by atoms with Crippen LogP contribution in [0.5, 0.6) is 0 Å². The summed E-state index contributed by atoms with van der Waals surface area (Å²) in [6, 6.07) is 0.590. The molecule has 0 aliphatic rings. The lowest BCUT2D eigenvalue weighted by Gasteiger charge is -2.13. The summed E-state index contributed by atoms with van der Waals surface area (Å²) in [6.45, 7) is 8.63. The van der Waals surface area contributed by atoms with Crippen LogP contribution in [0.3, 0.4) is 0 Å². The van der Waals surface area contributed by atoms with E-state index in [0.717, 1.165) is 25.9 Å². The third-order valence-electron chi connectivity index (χ3n) is 2.47. The lowest BCUT2D eigenvalue weighted by Crippen LogP contribution is -2.26. The quantitative estimate of drug-likeness (QED) is 0.750. The summed E-state index contributed by atoms with van der Waals surface area (Å²) >= 11 is 0. The molecule has 1 atom stereocenters. The van der Waals surface area contributed by atoms with E-state index in [1.165, 1.54) is 5.82 Å².